The number of aryl methyl sites for hydroxylation is 2. The van der Waals surface area contributed by atoms with Crippen LogP contribution in [0.3, 0.4) is 0 Å². The summed E-state index contributed by atoms with van der Waals surface area (Å²) in [7, 11) is 0. The summed E-state index contributed by atoms with van der Waals surface area (Å²) in [5.41, 5.74) is 6.14. The molecule has 7 nitrogen and oxygen atoms in total. The van der Waals surface area contributed by atoms with Gasteiger partial charge >= 0.3 is 0 Å². The standard InChI is InChI=1S/C24H17F2N3O4/c1-11-3-4-12(2)20(7-11)29-23(32)14-6-5-13(8-15(14)24(29)33)22(31)28-19-9-16(21(27)30)17(25)10-18(19)26/h3-10H,1-2H3,(H2,27,30)(H,28,31). The third kappa shape index (κ3) is 3.73. The van der Waals surface area contributed by atoms with Gasteiger partial charge in [-0.3, -0.25) is 19.2 Å². The van der Waals surface area contributed by atoms with Gasteiger partial charge in [0.25, 0.3) is 23.6 Å². The largest absolute Gasteiger partial charge is 0.366 e. The molecule has 0 aliphatic carbocycles. The van der Waals surface area contributed by atoms with Crippen molar-refractivity contribution < 1.29 is 28.0 Å². The molecule has 1 aliphatic heterocycles. The van der Waals surface area contributed by atoms with E-state index >= 15 is 0 Å². The van der Waals surface area contributed by atoms with Crippen molar-refractivity contribution >= 4 is 35.0 Å². The van der Waals surface area contributed by atoms with Crippen LogP contribution >= 0.6 is 0 Å². The number of anilines is 2. The van der Waals surface area contributed by atoms with E-state index in [0.29, 0.717) is 11.8 Å². The van der Waals surface area contributed by atoms with E-state index in [1.807, 2.05) is 13.0 Å². The number of imide groups is 1. The zero-order chi connectivity index (χ0) is 24.0. The molecule has 4 rings (SSSR count). The number of hydrogen-bond acceptors (Lipinski definition) is 4. The van der Waals surface area contributed by atoms with Crippen LogP contribution < -0.4 is 16.0 Å². The molecule has 3 aromatic rings. The second kappa shape index (κ2) is 7.94. The maximum Gasteiger partial charge on any atom is 0.266 e. The lowest BCUT2D eigenvalue weighted by molar-refractivity contribution is 0.0923. The van der Waals surface area contributed by atoms with E-state index in [4.69, 9.17) is 5.73 Å². The van der Waals surface area contributed by atoms with Gasteiger partial charge in [0, 0.05) is 11.6 Å². The van der Waals surface area contributed by atoms with Gasteiger partial charge in [-0.25, -0.2) is 13.7 Å². The van der Waals surface area contributed by atoms with Crippen molar-refractivity contribution in [3.05, 3.63) is 93.5 Å². The molecule has 0 spiro atoms. The maximum atomic E-state index is 14.1. The van der Waals surface area contributed by atoms with E-state index in [1.165, 1.54) is 18.2 Å². The van der Waals surface area contributed by atoms with E-state index in [2.05, 4.69) is 5.32 Å². The van der Waals surface area contributed by atoms with E-state index in [0.717, 1.165) is 22.1 Å². The molecule has 3 N–H and O–H groups in total. The summed E-state index contributed by atoms with van der Waals surface area (Å²) in [4.78, 5) is 51.0. The van der Waals surface area contributed by atoms with Crippen molar-refractivity contribution in [3.63, 3.8) is 0 Å². The highest BCUT2D eigenvalue weighted by molar-refractivity contribution is 6.35. The first-order chi connectivity index (χ1) is 15.6. The predicted octanol–water partition coefficient (Wildman–Crippen LogP) is 3.73. The second-order valence-electron chi connectivity index (χ2n) is 7.63. The molecular weight excluding hydrogens is 432 g/mol. The highest BCUT2D eigenvalue weighted by Gasteiger charge is 2.38. The number of halogens is 2. The average Bonchev–Trinajstić information content (AvgIpc) is 3.01. The minimum atomic E-state index is -1.16. The molecule has 9 heteroatoms. The minimum Gasteiger partial charge on any atom is -0.366 e. The Hall–Kier alpha value is -4.40. The number of amides is 4. The van der Waals surface area contributed by atoms with Crippen molar-refractivity contribution in [1.82, 2.24) is 0 Å². The van der Waals surface area contributed by atoms with Gasteiger partial charge in [0.2, 0.25) is 0 Å². The Morgan fingerprint density at radius 3 is 2.27 bits per heavy atom. The number of benzene rings is 3. The lowest BCUT2D eigenvalue weighted by atomic mass is 10.0. The molecular formula is C24H17F2N3O4. The van der Waals surface area contributed by atoms with Gasteiger partial charge in [0.1, 0.15) is 11.6 Å². The zero-order valence-electron chi connectivity index (χ0n) is 17.5. The third-order valence-electron chi connectivity index (χ3n) is 5.32. The Balaban J connectivity index is 1.66. The van der Waals surface area contributed by atoms with Gasteiger partial charge < -0.3 is 11.1 Å². The molecule has 0 bridgehead atoms. The van der Waals surface area contributed by atoms with Crippen LogP contribution in [-0.2, 0) is 0 Å². The second-order valence-corrected chi connectivity index (χ2v) is 7.63. The normalized spacial score (nSPS) is 12.7. The van der Waals surface area contributed by atoms with Crippen LogP contribution in [0.5, 0.6) is 0 Å². The first kappa shape index (κ1) is 21.8. The van der Waals surface area contributed by atoms with E-state index < -0.39 is 46.5 Å². The quantitative estimate of drug-likeness (QED) is 0.592. The van der Waals surface area contributed by atoms with Gasteiger partial charge in [0.05, 0.1) is 28.1 Å². The van der Waals surface area contributed by atoms with Gasteiger partial charge in [0.15, 0.2) is 0 Å². The molecule has 0 fully saturated rings. The van der Waals surface area contributed by atoms with Crippen LogP contribution in [0.4, 0.5) is 20.2 Å². The van der Waals surface area contributed by atoms with Crippen LogP contribution in [0.1, 0.15) is 52.6 Å². The highest BCUT2D eigenvalue weighted by atomic mass is 19.1. The molecule has 3 aromatic carbocycles. The fraction of sp³-hybridized carbons (Fsp3) is 0.0833. The summed E-state index contributed by atoms with van der Waals surface area (Å²) in [6, 6.07) is 10.5. The molecule has 0 unspecified atom stereocenters. The number of rotatable bonds is 4. The first-order valence-electron chi connectivity index (χ1n) is 9.78. The lowest BCUT2D eigenvalue weighted by Crippen LogP contribution is -2.30. The Kier molecular flexibility index (Phi) is 5.25. The van der Waals surface area contributed by atoms with Crippen LogP contribution in [-0.4, -0.2) is 23.6 Å². The molecule has 0 saturated carbocycles. The zero-order valence-corrected chi connectivity index (χ0v) is 17.5. The first-order valence-corrected chi connectivity index (χ1v) is 9.78. The maximum absolute atomic E-state index is 14.1. The number of nitrogens with zero attached hydrogens (tertiary/aromatic N) is 1. The molecule has 166 valence electrons. The van der Waals surface area contributed by atoms with E-state index in [1.54, 1.807) is 19.1 Å². The number of nitrogens with two attached hydrogens (primary N) is 1. The van der Waals surface area contributed by atoms with Gasteiger partial charge in [-0.15, -0.1) is 0 Å². The Morgan fingerprint density at radius 2 is 1.58 bits per heavy atom. The van der Waals surface area contributed by atoms with Crippen LogP contribution in [0, 0.1) is 25.5 Å². The topological polar surface area (TPSA) is 110 Å². The molecule has 0 radical (unpaired) electrons. The van der Waals surface area contributed by atoms with E-state index in [9.17, 15) is 28.0 Å². The summed E-state index contributed by atoms with van der Waals surface area (Å²) in [6.45, 7) is 3.61. The Morgan fingerprint density at radius 1 is 0.879 bits per heavy atom. The van der Waals surface area contributed by atoms with Crippen molar-refractivity contribution in [2.45, 2.75) is 13.8 Å². The fourth-order valence-corrected chi connectivity index (χ4v) is 3.59. The predicted molar refractivity (Wildman–Crippen MR) is 116 cm³/mol. The number of nitrogens with one attached hydrogen (secondary N) is 1. The monoisotopic (exact) mass is 449 g/mol. The van der Waals surface area contributed by atoms with Gasteiger partial charge in [-0.1, -0.05) is 12.1 Å². The van der Waals surface area contributed by atoms with Crippen molar-refractivity contribution in [2.75, 3.05) is 10.2 Å². The number of hydrogen-bond donors (Lipinski definition) is 2. The third-order valence-corrected chi connectivity index (χ3v) is 5.32. The average molecular weight is 449 g/mol. The van der Waals surface area contributed by atoms with Crippen molar-refractivity contribution in [2.24, 2.45) is 5.73 Å². The minimum absolute atomic E-state index is 0.0194. The smallest absolute Gasteiger partial charge is 0.266 e. The summed E-state index contributed by atoms with van der Waals surface area (Å²) < 4.78 is 27.8. The molecule has 1 aliphatic rings. The summed E-state index contributed by atoms with van der Waals surface area (Å²) in [5.74, 6) is -5.35. The van der Waals surface area contributed by atoms with Gasteiger partial charge in [-0.2, -0.15) is 0 Å². The molecule has 0 atom stereocenters. The Labute approximate surface area is 186 Å². The highest BCUT2D eigenvalue weighted by Crippen LogP contribution is 2.32. The van der Waals surface area contributed by atoms with Crippen LogP contribution in [0.15, 0.2) is 48.5 Å². The molecule has 33 heavy (non-hydrogen) atoms. The summed E-state index contributed by atoms with van der Waals surface area (Å²) >= 11 is 0. The number of primary amides is 1. The van der Waals surface area contributed by atoms with Crippen LogP contribution in [0.25, 0.3) is 0 Å². The Bertz CT molecular complexity index is 1380. The molecule has 0 aromatic heterocycles. The number of carbonyl (C=O) groups is 4. The van der Waals surface area contributed by atoms with E-state index in [-0.39, 0.29) is 16.7 Å². The van der Waals surface area contributed by atoms with Crippen molar-refractivity contribution in [3.8, 4) is 0 Å². The molecule has 1 heterocycles. The van der Waals surface area contributed by atoms with Gasteiger partial charge in [-0.05, 0) is 55.3 Å². The fourth-order valence-electron chi connectivity index (χ4n) is 3.59. The lowest BCUT2D eigenvalue weighted by Gasteiger charge is -2.17. The van der Waals surface area contributed by atoms with Crippen LogP contribution in [0.2, 0.25) is 0 Å². The summed E-state index contributed by atoms with van der Waals surface area (Å²) in [6.07, 6.45) is 0. The van der Waals surface area contributed by atoms with Crippen molar-refractivity contribution in [1.29, 1.82) is 0 Å². The molecule has 4 amide bonds. The number of carbonyl (C=O) groups excluding carboxylic acids is 4. The SMILES string of the molecule is Cc1ccc(C)c(N2C(=O)c3ccc(C(=O)Nc4cc(C(N)=O)c(F)cc4F)cc3C2=O)c1. The number of fused-ring (bicyclic) bond motifs is 1. The molecule has 0 saturated heterocycles. The summed E-state index contributed by atoms with van der Waals surface area (Å²) in [5, 5.41) is 2.23.